The van der Waals surface area contributed by atoms with Crippen LogP contribution in [-0.2, 0) is 0 Å². The molecule has 0 spiro atoms. The van der Waals surface area contributed by atoms with E-state index in [-0.39, 0.29) is 0 Å². The average molecular weight is 374 g/mol. The molecule has 1 saturated heterocycles. The van der Waals surface area contributed by atoms with Crippen molar-refractivity contribution in [3.8, 4) is 11.9 Å². The zero-order chi connectivity index (χ0) is 19.5. The Bertz CT molecular complexity index is 994. The highest BCUT2D eigenvalue weighted by Gasteiger charge is 2.20. The third kappa shape index (κ3) is 3.78. The van der Waals surface area contributed by atoms with Crippen LogP contribution in [0.25, 0.3) is 5.82 Å². The minimum atomic E-state index is 0.333. The largest absolute Gasteiger partial charge is 0.366 e. The van der Waals surface area contributed by atoms with Crippen molar-refractivity contribution < 1.29 is 0 Å². The Morgan fingerprint density at radius 3 is 2.57 bits per heavy atom. The molecule has 0 aliphatic carbocycles. The smallest absolute Gasteiger partial charge is 0.174 e. The van der Waals surface area contributed by atoms with E-state index in [0.717, 1.165) is 54.8 Å². The Morgan fingerprint density at radius 2 is 1.93 bits per heavy atom. The fourth-order valence-electron chi connectivity index (χ4n) is 3.49. The van der Waals surface area contributed by atoms with Crippen molar-refractivity contribution in [1.82, 2.24) is 24.7 Å². The quantitative estimate of drug-likeness (QED) is 0.750. The van der Waals surface area contributed by atoms with Crippen LogP contribution in [0.3, 0.4) is 0 Å². The molecule has 8 heteroatoms. The van der Waals surface area contributed by atoms with E-state index in [1.807, 2.05) is 36.7 Å². The highest BCUT2D eigenvalue weighted by molar-refractivity contribution is 5.43. The molecule has 0 amide bonds. The molecule has 0 bridgehead atoms. The van der Waals surface area contributed by atoms with Gasteiger partial charge in [0.25, 0.3) is 0 Å². The minimum Gasteiger partial charge on any atom is -0.366 e. The lowest BCUT2D eigenvalue weighted by Gasteiger charge is -2.33. The number of piperidine rings is 1. The lowest BCUT2D eigenvalue weighted by molar-refractivity contribution is 0.522. The molecule has 142 valence electrons. The van der Waals surface area contributed by atoms with Crippen LogP contribution in [0, 0.1) is 25.2 Å². The molecule has 0 aromatic carbocycles. The number of nitrogens with one attached hydrogen (secondary N) is 1. The van der Waals surface area contributed by atoms with Crippen molar-refractivity contribution in [2.75, 3.05) is 23.3 Å². The molecule has 1 N–H and O–H groups in total. The summed E-state index contributed by atoms with van der Waals surface area (Å²) in [6.07, 6.45) is 7.06. The number of pyridine rings is 1. The van der Waals surface area contributed by atoms with Crippen LogP contribution in [-0.4, -0.2) is 43.9 Å². The van der Waals surface area contributed by atoms with E-state index in [9.17, 15) is 0 Å². The van der Waals surface area contributed by atoms with Gasteiger partial charge in [0.1, 0.15) is 17.7 Å². The van der Waals surface area contributed by atoms with Crippen molar-refractivity contribution >= 4 is 11.6 Å². The fourth-order valence-corrected chi connectivity index (χ4v) is 3.49. The third-order valence-corrected chi connectivity index (χ3v) is 4.90. The SMILES string of the molecule is Cc1cc(C)n(-c2cncc(NC3CCN(c4ccc(C#N)cn4)CC3)n2)n1. The standard InChI is InChI=1S/C20H22N8/c1-14-9-15(2)28(26-14)20-13-22-12-18(25-20)24-17-5-7-27(8-6-17)19-4-3-16(10-21)11-23-19/h3-4,9,11-13,17H,5-8H2,1-2H3,(H,24,25). The predicted molar refractivity (Wildman–Crippen MR) is 106 cm³/mol. The van der Waals surface area contributed by atoms with E-state index >= 15 is 0 Å². The van der Waals surface area contributed by atoms with Gasteiger partial charge in [0, 0.05) is 31.0 Å². The maximum Gasteiger partial charge on any atom is 0.174 e. The summed E-state index contributed by atoms with van der Waals surface area (Å²) in [6, 6.07) is 8.18. The van der Waals surface area contributed by atoms with Gasteiger partial charge in [-0.25, -0.2) is 14.6 Å². The molecule has 0 atom stereocenters. The van der Waals surface area contributed by atoms with E-state index in [2.05, 4.69) is 36.3 Å². The van der Waals surface area contributed by atoms with Gasteiger partial charge in [0.2, 0.25) is 0 Å². The van der Waals surface area contributed by atoms with Crippen molar-refractivity contribution in [1.29, 1.82) is 5.26 Å². The molecule has 0 saturated carbocycles. The summed E-state index contributed by atoms with van der Waals surface area (Å²) in [5.74, 6) is 2.40. The normalized spacial score (nSPS) is 14.7. The van der Waals surface area contributed by atoms with Gasteiger partial charge in [-0.2, -0.15) is 10.4 Å². The van der Waals surface area contributed by atoms with E-state index in [1.165, 1.54) is 0 Å². The van der Waals surface area contributed by atoms with Crippen molar-refractivity contribution in [2.45, 2.75) is 32.7 Å². The van der Waals surface area contributed by atoms with E-state index < -0.39 is 0 Å². The Kier molecular flexibility index (Phi) is 4.89. The number of nitriles is 1. The van der Waals surface area contributed by atoms with Gasteiger partial charge in [-0.15, -0.1) is 0 Å². The average Bonchev–Trinajstić information content (AvgIpc) is 3.07. The van der Waals surface area contributed by atoms with Gasteiger partial charge in [-0.05, 0) is 44.9 Å². The maximum atomic E-state index is 8.89. The Balaban J connectivity index is 1.39. The molecule has 3 aromatic heterocycles. The van der Waals surface area contributed by atoms with Gasteiger partial charge in [-0.3, -0.25) is 4.98 Å². The van der Waals surface area contributed by atoms with Gasteiger partial charge < -0.3 is 10.2 Å². The van der Waals surface area contributed by atoms with Gasteiger partial charge >= 0.3 is 0 Å². The van der Waals surface area contributed by atoms with Crippen LogP contribution < -0.4 is 10.2 Å². The zero-order valence-electron chi connectivity index (χ0n) is 16.0. The summed E-state index contributed by atoms with van der Waals surface area (Å²) in [7, 11) is 0. The summed E-state index contributed by atoms with van der Waals surface area (Å²) in [5, 5.41) is 16.9. The second-order valence-electron chi connectivity index (χ2n) is 7.02. The van der Waals surface area contributed by atoms with Gasteiger partial charge in [0.15, 0.2) is 5.82 Å². The van der Waals surface area contributed by atoms with Crippen LogP contribution >= 0.6 is 0 Å². The Hall–Kier alpha value is -3.47. The number of aryl methyl sites for hydroxylation is 2. The van der Waals surface area contributed by atoms with Crippen molar-refractivity contribution in [3.63, 3.8) is 0 Å². The Labute approximate surface area is 163 Å². The van der Waals surface area contributed by atoms with Crippen LogP contribution in [0.2, 0.25) is 0 Å². The van der Waals surface area contributed by atoms with E-state index in [4.69, 9.17) is 5.26 Å². The molecular formula is C20H22N8. The zero-order valence-corrected chi connectivity index (χ0v) is 16.0. The molecule has 0 unspecified atom stereocenters. The summed E-state index contributed by atoms with van der Waals surface area (Å²) < 4.78 is 1.81. The second-order valence-corrected chi connectivity index (χ2v) is 7.02. The first-order valence-corrected chi connectivity index (χ1v) is 9.36. The van der Waals surface area contributed by atoms with Crippen molar-refractivity contribution in [2.24, 2.45) is 0 Å². The van der Waals surface area contributed by atoms with Crippen LogP contribution in [0.4, 0.5) is 11.6 Å². The number of nitrogens with zero attached hydrogens (tertiary/aromatic N) is 7. The predicted octanol–water partition coefficient (Wildman–Crippen LogP) is 2.63. The summed E-state index contributed by atoms with van der Waals surface area (Å²) in [4.78, 5) is 15.6. The number of anilines is 2. The molecule has 8 nitrogen and oxygen atoms in total. The summed E-state index contributed by atoms with van der Waals surface area (Å²) in [6.45, 7) is 5.78. The summed E-state index contributed by atoms with van der Waals surface area (Å²) >= 11 is 0. The highest BCUT2D eigenvalue weighted by Crippen LogP contribution is 2.20. The maximum absolute atomic E-state index is 8.89. The topological polar surface area (TPSA) is 95.6 Å². The highest BCUT2D eigenvalue weighted by atomic mass is 15.3. The lowest BCUT2D eigenvalue weighted by atomic mass is 10.1. The molecule has 1 aliphatic heterocycles. The molecule has 1 aliphatic rings. The van der Waals surface area contributed by atoms with E-state index in [0.29, 0.717) is 11.6 Å². The molecule has 0 radical (unpaired) electrons. The monoisotopic (exact) mass is 374 g/mol. The number of aromatic nitrogens is 5. The molecular weight excluding hydrogens is 352 g/mol. The molecule has 3 aromatic rings. The number of hydrogen-bond acceptors (Lipinski definition) is 7. The molecule has 1 fully saturated rings. The lowest BCUT2D eigenvalue weighted by Crippen LogP contribution is -2.39. The first-order chi connectivity index (χ1) is 13.6. The summed E-state index contributed by atoms with van der Waals surface area (Å²) in [5.41, 5.74) is 2.58. The minimum absolute atomic E-state index is 0.333. The number of hydrogen-bond donors (Lipinski definition) is 1. The van der Waals surface area contributed by atoms with Crippen LogP contribution in [0.15, 0.2) is 36.8 Å². The van der Waals surface area contributed by atoms with Gasteiger partial charge in [-0.1, -0.05) is 0 Å². The van der Waals surface area contributed by atoms with Crippen LogP contribution in [0.1, 0.15) is 29.8 Å². The van der Waals surface area contributed by atoms with E-state index in [1.54, 1.807) is 18.6 Å². The van der Waals surface area contributed by atoms with Crippen LogP contribution in [0.5, 0.6) is 0 Å². The Morgan fingerprint density at radius 1 is 1.11 bits per heavy atom. The molecule has 4 heterocycles. The molecule has 4 rings (SSSR count). The third-order valence-electron chi connectivity index (χ3n) is 4.90. The second kappa shape index (κ2) is 7.64. The fraction of sp³-hybridized carbons (Fsp3) is 0.350. The molecule has 28 heavy (non-hydrogen) atoms. The van der Waals surface area contributed by atoms with Crippen molar-refractivity contribution in [3.05, 3.63) is 53.7 Å². The van der Waals surface area contributed by atoms with Gasteiger partial charge in [0.05, 0.1) is 23.7 Å². The first-order valence-electron chi connectivity index (χ1n) is 9.36. The number of rotatable bonds is 4. The first kappa shape index (κ1) is 17.9.